The summed E-state index contributed by atoms with van der Waals surface area (Å²) < 4.78 is 41.6. The van der Waals surface area contributed by atoms with Crippen LogP contribution in [0.15, 0.2) is 24.3 Å². The van der Waals surface area contributed by atoms with Gasteiger partial charge in [-0.1, -0.05) is 24.4 Å². The molecule has 110 valence electrons. The summed E-state index contributed by atoms with van der Waals surface area (Å²) in [6.07, 6.45) is -4.44. The molecule has 0 saturated heterocycles. The molecule has 2 N–H and O–H groups in total. The maximum absolute atomic E-state index is 12.1. The van der Waals surface area contributed by atoms with Crippen LogP contribution in [0.25, 0.3) is 0 Å². The molecular formula is C12H13F3N2O2S. The number of nitrogens with zero attached hydrogens (tertiary/aromatic N) is 1. The molecule has 0 aliphatic carbocycles. The normalized spacial score (nSPS) is 11.0. The predicted molar refractivity (Wildman–Crippen MR) is 71.5 cm³/mol. The van der Waals surface area contributed by atoms with Gasteiger partial charge in [0.1, 0.15) is 17.3 Å². The Bertz CT molecular complexity index is 506. The van der Waals surface area contributed by atoms with Gasteiger partial charge >= 0.3 is 6.18 Å². The number of rotatable bonds is 5. The summed E-state index contributed by atoms with van der Waals surface area (Å²) in [6.45, 7) is -1.85. The number of ether oxygens (including phenoxy) is 1. The Balaban J connectivity index is 2.64. The van der Waals surface area contributed by atoms with Crippen molar-refractivity contribution in [1.29, 1.82) is 0 Å². The van der Waals surface area contributed by atoms with Gasteiger partial charge in [-0.2, -0.15) is 13.2 Å². The average Bonchev–Trinajstić information content (AvgIpc) is 2.34. The molecule has 8 heteroatoms. The Kier molecular flexibility index (Phi) is 5.32. The molecule has 0 aromatic heterocycles. The minimum Gasteiger partial charge on any atom is -0.483 e. The summed E-state index contributed by atoms with van der Waals surface area (Å²) in [4.78, 5) is 12.1. The number of para-hydroxylation sites is 1. The smallest absolute Gasteiger partial charge is 0.406 e. The van der Waals surface area contributed by atoms with Gasteiger partial charge in [0.05, 0.1) is 5.56 Å². The van der Waals surface area contributed by atoms with Crippen LogP contribution in [0.1, 0.15) is 5.56 Å². The van der Waals surface area contributed by atoms with Crippen molar-refractivity contribution in [3.63, 3.8) is 0 Å². The van der Waals surface area contributed by atoms with E-state index in [-0.39, 0.29) is 10.7 Å². The first-order valence-corrected chi connectivity index (χ1v) is 5.94. The number of alkyl halides is 3. The Morgan fingerprint density at radius 3 is 2.55 bits per heavy atom. The van der Waals surface area contributed by atoms with E-state index in [4.69, 9.17) is 22.7 Å². The third kappa shape index (κ3) is 5.04. The van der Waals surface area contributed by atoms with E-state index in [0.717, 1.165) is 7.05 Å². The molecule has 0 unspecified atom stereocenters. The van der Waals surface area contributed by atoms with Crippen molar-refractivity contribution in [2.45, 2.75) is 6.18 Å². The number of nitrogens with two attached hydrogens (primary N) is 1. The number of likely N-dealkylation sites (N-methyl/N-ethyl adjacent to an activating group) is 1. The van der Waals surface area contributed by atoms with Crippen molar-refractivity contribution in [1.82, 2.24) is 4.90 Å². The van der Waals surface area contributed by atoms with Crippen LogP contribution in [-0.4, -0.2) is 42.2 Å². The zero-order valence-corrected chi connectivity index (χ0v) is 11.4. The van der Waals surface area contributed by atoms with Crippen LogP contribution in [0, 0.1) is 0 Å². The Morgan fingerprint density at radius 1 is 1.40 bits per heavy atom. The van der Waals surface area contributed by atoms with E-state index in [1.807, 2.05) is 0 Å². The molecule has 1 aromatic rings. The van der Waals surface area contributed by atoms with E-state index in [1.54, 1.807) is 18.2 Å². The summed E-state index contributed by atoms with van der Waals surface area (Å²) in [5.74, 6) is -0.533. The highest BCUT2D eigenvalue weighted by Crippen LogP contribution is 2.18. The molecule has 1 amide bonds. The SMILES string of the molecule is CN(CC(F)(F)F)C(=O)COc1ccccc1C(N)=S. The summed E-state index contributed by atoms with van der Waals surface area (Å²) in [5.41, 5.74) is 5.90. The lowest BCUT2D eigenvalue weighted by Crippen LogP contribution is -2.38. The van der Waals surface area contributed by atoms with Gasteiger partial charge in [0.25, 0.3) is 5.91 Å². The molecule has 0 atom stereocenters. The van der Waals surface area contributed by atoms with Crippen molar-refractivity contribution in [2.75, 3.05) is 20.2 Å². The number of hydrogen-bond acceptors (Lipinski definition) is 3. The molecule has 0 saturated carbocycles. The zero-order valence-electron chi connectivity index (χ0n) is 10.6. The zero-order chi connectivity index (χ0) is 15.3. The van der Waals surface area contributed by atoms with Gasteiger partial charge < -0.3 is 15.4 Å². The second kappa shape index (κ2) is 6.56. The monoisotopic (exact) mass is 306 g/mol. The molecule has 4 nitrogen and oxygen atoms in total. The molecule has 20 heavy (non-hydrogen) atoms. The topological polar surface area (TPSA) is 55.6 Å². The number of halogens is 3. The van der Waals surface area contributed by atoms with Gasteiger partial charge in [0.2, 0.25) is 0 Å². The number of amides is 1. The molecule has 0 fully saturated rings. The Hall–Kier alpha value is -1.83. The summed E-state index contributed by atoms with van der Waals surface area (Å²) >= 11 is 4.81. The lowest BCUT2D eigenvalue weighted by molar-refractivity contribution is -0.159. The van der Waals surface area contributed by atoms with E-state index in [9.17, 15) is 18.0 Å². The highest BCUT2D eigenvalue weighted by atomic mass is 32.1. The van der Waals surface area contributed by atoms with Crippen LogP contribution < -0.4 is 10.5 Å². The fraction of sp³-hybridized carbons (Fsp3) is 0.333. The maximum Gasteiger partial charge on any atom is 0.406 e. The first kappa shape index (κ1) is 16.2. The Morgan fingerprint density at radius 2 is 2.00 bits per heavy atom. The molecule has 0 bridgehead atoms. The predicted octanol–water partition coefficient (Wildman–Crippen LogP) is 1.72. The van der Waals surface area contributed by atoms with Crippen LogP contribution in [0.2, 0.25) is 0 Å². The van der Waals surface area contributed by atoms with Crippen LogP contribution in [0.4, 0.5) is 13.2 Å². The summed E-state index contributed by atoms with van der Waals surface area (Å²) in [5, 5.41) is 0. The molecule has 0 aliphatic heterocycles. The van der Waals surface area contributed by atoms with Crippen molar-refractivity contribution >= 4 is 23.1 Å². The van der Waals surface area contributed by atoms with Gasteiger partial charge in [-0.05, 0) is 12.1 Å². The second-order valence-corrected chi connectivity index (χ2v) is 4.45. The fourth-order valence-corrected chi connectivity index (χ4v) is 1.57. The highest BCUT2D eigenvalue weighted by Gasteiger charge is 2.31. The molecule has 1 aromatic carbocycles. The van der Waals surface area contributed by atoms with E-state index in [0.29, 0.717) is 10.5 Å². The van der Waals surface area contributed by atoms with E-state index in [1.165, 1.54) is 6.07 Å². The quantitative estimate of drug-likeness (QED) is 0.842. The average molecular weight is 306 g/mol. The molecular weight excluding hydrogens is 293 g/mol. The number of benzene rings is 1. The van der Waals surface area contributed by atoms with Gasteiger partial charge in [0.15, 0.2) is 6.61 Å². The van der Waals surface area contributed by atoms with E-state index >= 15 is 0 Å². The minimum absolute atomic E-state index is 0.0803. The van der Waals surface area contributed by atoms with E-state index in [2.05, 4.69) is 0 Å². The molecule has 1 rings (SSSR count). The molecule has 0 spiro atoms. The molecule has 0 heterocycles. The fourth-order valence-electron chi connectivity index (χ4n) is 1.40. The second-order valence-electron chi connectivity index (χ2n) is 4.01. The lowest BCUT2D eigenvalue weighted by Gasteiger charge is -2.19. The summed E-state index contributed by atoms with van der Waals surface area (Å²) in [6, 6.07) is 6.45. The molecule has 0 radical (unpaired) electrons. The van der Waals surface area contributed by atoms with Gasteiger partial charge in [-0.25, -0.2) is 0 Å². The molecule has 0 aliphatic rings. The largest absolute Gasteiger partial charge is 0.483 e. The van der Waals surface area contributed by atoms with Gasteiger partial charge in [0, 0.05) is 7.05 Å². The minimum atomic E-state index is -4.44. The third-order valence-corrected chi connectivity index (χ3v) is 2.57. The first-order valence-electron chi connectivity index (χ1n) is 5.53. The van der Waals surface area contributed by atoms with Crippen molar-refractivity contribution in [3.05, 3.63) is 29.8 Å². The van der Waals surface area contributed by atoms with Crippen LogP contribution in [0.5, 0.6) is 5.75 Å². The third-order valence-electron chi connectivity index (χ3n) is 2.35. The first-order chi connectivity index (χ1) is 9.20. The standard InChI is InChI=1S/C12H13F3N2O2S/c1-17(7-12(13,14)15)10(18)6-19-9-5-3-2-4-8(9)11(16)20/h2-5H,6-7H2,1H3,(H2,16,20). The number of thiocarbonyl (C=S) groups is 1. The van der Waals surface area contributed by atoms with E-state index < -0.39 is 25.2 Å². The lowest BCUT2D eigenvalue weighted by atomic mass is 10.2. The number of carbonyl (C=O) groups is 1. The highest BCUT2D eigenvalue weighted by molar-refractivity contribution is 7.80. The van der Waals surface area contributed by atoms with Crippen LogP contribution in [-0.2, 0) is 4.79 Å². The number of hydrogen-bond donors (Lipinski definition) is 1. The van der Waals surface area contributed by atoms with Gasteiger partial charge in [-0.15, -0.1) is 0 Å². The van der Waals surface area contributed by atoms with Crippen molar-refractivity contribution in [2.24, 2.45) is 5.73 Å². The van der Waals surface area contributed by atoms with Crippen molar-refractivity contribution < 1.29 is 22.7 Å². The maximum atomic E-state index is 12.1. The van der Waals surface area contributed by atoms with Crippen LogP contribution in [0.3, 0.4) is 0 Å². The van der Waals surface area contributed by atoms with Crippen LogP contribution >= 0.6 is 12.2 Å². The van der Waals surface area contributed by atoms with Gasteiger partial charge in [-0.3, -0.25) is 4.79 Å². The Labute approximate surface area is 119 Å². The summed E-state index contributed by atoms with van der Waals surface area (Å²) in [7, 11) is 1.05. The van der Waals surface area contributed by atoms with Crippen molar-refractivity contribution in [3.8, 4) is 5.75 Å². The number of carbonyl (C=O) groups excluding carboxylic acids is 1.